The first-order chi connectivity index (χ1) is 29.1. The SMILES string of the molecule is CCCCCCc1ccc(N2c3cccc4c3[Si]3(C)c5c2cccc5N(c2ccc(CCCCCC)cc2)c2cccc(c23)N4c2ccc(CCCCCC)cc2)cc1. The van der Waals surface area contributed by atoms with Gasteiger partial charge >= 0.3 is 0 Å². The molecule has 0 spiro atoms. The summed E-state index contributed by atoms with van der Waals surface area (Å²) in [5.74, 6) is 0. The van der Waals surface area contributed by atoms with Crippen molar-refractivity contribution in [2.24, 2.45) is 0 Å². The molecule has 6 aromatic rings. The Hall–Kier alpha value is -5.06. The second kappa shape index (κ2) is 17.3. The molecule has 0 radical (unpaired) electrons. The van der Waals surface area contributed by atoms with Crippen molar-refractivity contribution in [2.45, 2.75) is 124 Å². The van der Waals surface area contributed by atoms with Crippen molar-refractivity contribution in [2.75, 3.05) is 14.7 Å². The molecule has 3 heterocycles. The van der Waals surface area contributed by atoms with Crippen LogP contribution in [0.4, 0.5) is 51.2 Å². The van der Waals surface area contributed by atoms with Crippen LogP contribution in [0.3, 0.4) is 0 Å². The lowest BCUT2D eigenvalue weighted by molar-refractivity contribution is 0.667. The summed E-state index contributed by atoms with van der Waals surface area (Å²) < 4.78 is 0. The molecule has 0 amide bonds. The number of nitrogens with zero attached hydrogens (tertiary/aromatic N) is 3. The van der Waals surface area contributed by atoms with Gasteiger partial charge in [-0.25, -0.2) is 0 Å². The molecule has 0 fully saturated rings. The minimum absolute atomic E-state index is 1.14. The van der Waals surface area contributed by atoms with E-state index in [4.69, 9.17) is 0 Å². The molecular formula is C55H63N3Si. The van der Waals surface area contributed by atoms with Gasteiger partial charge in [0.2, 0.25) is 0 Å². The van der Waals surface area contributed by atoms with Crippen LogP contribution in [0.5, 0.6) is 0 Å². The van der Waals surface area contributed by atoms with E-state index in [9.17, 15) is 0 Å². The molecule has 0 N–H and O–H groups in total. The Labute approximate surface area is 355 Å². The number of unbranched alkanes of at least 4 members (excludes halogenated alkanes) is 9. The summed E-state index contributed by atoms with van der Waals surface area (Å²) in [7, 11) is -2.57. The lowest BCUT2D eigenvalue weighted by Gasteiger charge is -2.54. The molecule has 59 heavy (non-hydrogen) atoms. The number of hydrogen-bond donors (Lipinski definition) is 0. The Kier molecular flexibility index (Phi) is 11.5. The number of benzene rings is 6. The fourth-order valence-corrected chi connectivity index (χ4v) is 15.5. The number of hydrogen-bond acceptors (Lipinski definition) is 3. The van der Waals surface area contributed by atoms with Gasteiger partial charge in [0.15, 0.2) is 8.07 Å². The Balaban J connectivity index is 1.21. The van der Waals surface area contributed by atoms with Gasteiger partial charge < -0.3 is 14.7 Å². The molecule has 0 aliphatic carbocycles. The highest BCUT2D eigenvalue weighted by Gasteiger charge is 2.55. The Morgan fingerprint density at radius 2 is 0.576 bits per heavy atom. The van der Waals surface area contributed by atoms with Crippen molar-refractivity contribution >= 4 is 74.8 Å². The summed E-state index contributed by atoms with van der Waals surface area (Å²) in [5, 5.41) is 4.57. The third-order valence-corrected chi connectivity index (χ3v) is 18.1. The maximum atomic E-state index is 2.66. The zero-order valence-electron chi connectivity index (χ0n) is 36.1. The van der Waals surface area contributed by atoms with Gasteiger partial charge in [-0.05, 0) is 144 Å². The normalized spacial score (nSPS) is 14.1. The van der Waals surface area contributed by atoms with Crippen LogP contribution in [-0.2, 0) is 19.3 Å². The minimum atomic E-state index is -2.57. The van der Waals surface area contributed by atoms with Crippen molar-refractivity contribution in [1.29, 1.82) is 0 Å². The van der Waals surface area contributed by atoms with Gasteiger partial charge in [0.05, 0.1) is 0 Å². The van der Waals surface area contributed by atoms with E-state index in [1.54, 1.807) is 0 Å². The predicted molar refractivity (Wildman–Crippen MR) is 258 cm³/mol. The van der Waals surface area contributed by atoms with Crippen LogP contribution < -0.4 is 30.3 Å². The quantitative estimate of drug-likeness (QED) is 0.0633. The minimum Gasteiger partial charge on any atom is -0.311 e. The molecule has 9 rings (SSSR count). The summed E-state index contributed by atoms with van der Waals surface area (Å²) in [6.07, 6.45) is 18.9. The monoisotopic (exact) mass is 793 g/mol. The highest BCUT2D eigenvalue weighted by Crippen LogP contribution is 2.52. The second-order valence-electron chi connectivity index (χ2n) is 17.6. The third-order valence-electron chi connectivity index (χ3n) is 13.5. The molecule has 3 aliphatic rings. The zero-order valence-corrected chi connectivity index (χ0v) is 37.1. The average Bonchev–Trinajstić information content (AvgIpc) is 3.27. The fraction of sp³-hybridized carbons (Fsp3) is 0.345. The number of aryl methyl sites for hydroxylation is 3. The van der Waals surface area contributed by atoms with E-state index in [-0.39, 0.29) is 0 Å². The molecule has 0 bridgehead atoms. The van der Waals surface area contributed by atoms with Crippen LogP contribution in [-0.4, -0.2) is 8.07 Å². The molecule has 3 aliphatic heterocycles. The fourth-order valence-electron chi connectivity index (χ4n) is 10.5. The topological polar surface area (TPSA) is 9.72 Å². The molecule has 0 aromatic heterocycles. The van der Waals surface area contributed by atoms with Gasteiger partial charge in [-0.2, -0.15) is 0 Å². The summed E-state index contributed by atoms with van der Waals surface area (Å²) >= 11 is 0. The third kappa shape index (κ3) is 7.12. The van der Waals surface area contributed by atoms with E-state index in [1.165, 1.54) is 160 Å². The van der Waals surface area contributed by atoms with E-state index in [0.717, 1.165) is 19.3 Å². The molecular weight excluding hydrogens is 731 g/mol. The average molecular weight is 794 g/mol. The lowest BCUT2D eigenvalue weighted by Crippen LogP contribution is -2.74. The van der Waals surface area contributed by atoms with Crippen LogP contribution >= 0.6 is 0 Å². The van der Waals surface area contributed by atoms with Crippen LogP contribution in [0.25, 0.3) is 0 Å². The molecule has 302 valence electrons. The Bertz CT molecular complexity index is 2050. The number of anilines is 9. The summed E-state index contributed by atoms with van der Waals surface area (Å²) in [6, 6.07) is 50.0. The van der Waals surface area contributed by atoms with Gasteiger partial charge in [-0.3, -0.25) is 0 Å². The molecule has 0 unspecified atom stereocenters. The number of rotatable bonds is 18. The van der Waals surface area contributed by atoms with Gasteiger partial charge in [0.1, 0.15) is 0 Å². The van der Waals surface area contributed by atoms with E-state index in [2.05, 4.69) is 169 Å². The van der Waals surface area contributed by atoms with Crippen molar-refractivity contribution in [3.63, 3.8) is 0 Å². The zero-order chi connectivity index (χ0) is 40.3. The smallest absolute Gasteiger partial charge is 0.161 e. The van der Waals surface area contributed by atoms with Gasteiger partial charge in [-0.1, -0.05) is 140 Å². The van der Waals surface area contributed by atoms with Crippen LogP contribution in [0.2, 0.25) is 6.55 Å². The summed E-state index contributed by atoms with van der Waals surface area (Å²) in [4.78, 5) is 7.80. The van der Waals surface area contributed by atoms with Crippen LogP contribution in [0.15, 0.2) is 127 Å². The van der Waals surface area contributed by atoms with Gasteiger partial charge in [0.25, 0.3) is 0 Å². The van der Waals surface area contributed by atoms with Crippen LogP contribution in [0, 0.1) is 0 Å². The lowest BCUT2D eigenvalue weighted by atomic mass is 10.0. The summed E-state index contributed by atoms with van der Waals surface area (Å²) in [6.45, 7) is 9.54. The van der Waals surface area contributed by atoms with E-state index in [0.29, 0.717) is 0 Å². The highest BCUT2D eigenvalue weighted by molar-refractivity contribution is 7.16. The maximum absolute atomic E-state index is 2.66. The van der Waals surface area contributed by atoms with Gasteiger partial charge in [0, 0.05) is 51.2 Å². The molecule has 4 heteroatoms. The molecule has 6 aromatic carbocycles. The van der Waals surface area contributed by atoms with E-state index >= 15 is 0 Å². The predicted octanol–water partition coefficient (Wildman–Crippen LogP) is 14.5. The largest absolute Gasteiger partial charge is 0.311 e. The second-order valence-corrected chi connectivity index (χ2v) is 21.3. The highest BCUT2D eigenvalue weighted by atomic mass is 28.3. The first kappa shape index (κ1) is 39.4. The van der Waals surface area contributed by atoms with Crippen molar-refractivity contribution in [1.82, 2.24) is 0 Å². The van der Waals surface area contributed by atoms with Crippen molar-refractivity contribution < 1.29 is 0 Å². The van der Waals surface area contributed by atoms with Crippen molar-refractivity contribution in [3.8, 4) is 0 Å². The van der Waals surface area contributed by atoms with E-state index < -0.39 is 8.07 Å². The van der Waals surface area contributed by atoms with Crippen LogP contribution in [0.1, 0.15) is 115 Å². The standard InChI is InChI=1S/C55H63N3Si/c1-5-8-11-14-20-41-29-35-44(36-30-41)56-47-23-17-25-49-53(47)59(4)54-48(56)24-18-26-50(54)58(46-39-33-43(34-40-46)22-16-13-10-7-3)52-28-19-27-51(55(52)59)57(49)45-37-31-42(32-38-45)21-15-12-9-6-2/h17-19,23-40H,5-16,20-22H2,1-4H3. The van der Waals surface area contributed by atoms with E-state index in [1.807, 2.05) is 0 Å². The Morgan fingerprint density at radius 3 is 0.814 bits per heavy atom. The Morgan fingerprint density at radius 1 is 0.322 bits per heavy atom. The molecule has 0 saturated heterocycles. The molecule has 0 saturated carbocycles. The maximum Gasteiger partial charge on any atom is 0.161 e. The molecule has 3 nitrogen and oxygen atoms in total. The molecule has 0 atom stereocenters. The summed E-state index contributed by atoms with van der Waals surface area (Å²) in [5.41, 5.74) is 16.0. The first-order valence-electron chi connectivity index (χ1n) is 23.1. The first-order valence-corrected chi connectivity index (χ1v) is 25.6. The van der Waals surface area contributed by atoms with Gasteiger partial charge in [-0.15, -0.1) is 0 Å². The van der Waals surface area contributed by atoms with Crippen molar-refractivity contribution in [3.05, 3.63) is 144 Å².